The van der Waals surface area contributed by atoms with E-state index >= 15 is 0 Å². The van der Waals surface area contributed by atoms with Gasteiger partial charge in [0, 0.05) is 36.4 Å². The number of anilines is 1. The number of aromatic nitrogens is 2. The van der Waals surface area contributed by atoms with Crippen molar-refractivity contribution in [3.05, 3.63) is 59.8 Å². The van der Waals surface area contributed by atoms with Crippen molar-refractivity contribution in [2.24, 2.45) is 0 Å². The quantitative estimate of drug-likeness (QED) is 0.696. The lowest BCUT2D eigenvalue weighted by molar-refractivity contribution is 0.211. The second-order valence-corrected chi connectivity index (χ2v) is 7.44. The fraction of sp³-hybridized carbons (Fsp3) is 0.391. The molecule has 0 atom stereocenters. The largest absolute Gasteiger partial charge is 0.497 e. The summed E-state index contributed by atoms with van der Waals surface area (Å²) in [7, 11) is 1.70. The Kier molecular flexibility index (Phi) is 5.72. The lowest BCUT2D eigenvalue weighted by Crippen LogP contribution is -2.38. The maximum Gasteiger partial charge on any atom is 0.156 e. The number of nitrogens with one attached hydrogen (secondary N) is 1. The highest BCUT2D eigenvalue weighted by Gasteiger charge is 2.21. The molecule has 5 heteroatoms. The van der Waals surface area contributed by atoms with Crippen LogP contribution >= 0.6 is 0 Å². The van der Waals surface area contributed by atoms with E-state index in [1.165, 1.54) is 5.56 Å². The van der Waals surface area contributed by atoms with E-state index in [9.17, 15) is 0 Å². The van der Waals surface area contributed by atoms with Gasteiger partial charge < -0.3 is 10.1 Å². The Balaban J connectivity index is 1.45. The molecule has 0 saturated carbocycles. The molecule has 0 spiro atoms. The van der Waals surface area contributed by atoms with Gasteiger partial charge in [-0.15, -0.1) is 5.10 Å². The summed E-state index contributed by atoms with van der Waals surface area (Å²) in [6.45, 7) is 5.32. The number of nitrogens with zero attached hydrogens (tertiary/aromatic N) is 3. The zero-order chi connectivity index (χ0) is 19.3. The van der Waals surface area contributed by atoms with Crippen LogP contribution in [0.1, 0.15) is 31.0 Å². The molecule has 146 valence electrons. The zero-order valence-corrected chi connectivity index (χ0v) is 16.7. The molecule has 5 nitrogen and oxygen atoms in total. The van der Waals surface area contributed by atoms with E-state index in [0.29, 0.717) is 6.04 Å². The number of aryl methyl sites for hydroxylation is 1. The van der Waals surface area contributed by atoms with Gasteiger partial charge in [0.1, 0.15) is 5.75 Å². The van der Waals surface area contributed by atoms with Crippen LogP contribution in [0.3, 0.4) is 0 Å². The number of rotatable bonds is 6. The molecule has 1 aromatic heterocycles. The summed E-state index contributed by atoms with van der Waals surface area (Å²) in [5.41, 5.74) is 2.41. The van der Waals surface area contributed by atoms with E-state index in [-0.39, 0.29) is 0 Å². The van der Waals surface area contributed by atoms with Gasteiger partial charge in [0.05, 0.1) is 12.8 Å². The molecule has 4 rings (SSSR count). The summed E-state index contributed by atoms with van der Waals surface area (Å²) < 4.78 is 5.43. The average Bonchev–Trinajstić information content (AvgIpc) is 2.75. The van der Waals surface area contributed by atoms with Gasteiger partial charge in [-0.3, -0.25) is 4.90 Å². The van der Waals surface area contributed by atoms with Crippen LogP contribution < -0.4 is 10.1 Å². The summed E-state index contributed by atoms with van der Waals surface area (Å²) in [4.78, 5) is 2.53. The molecule has 1 saturated heterocycles. The summed E-state index contributed by atoms with van der Waals surface area (Å²) in [5, 5.41) is 14.9. The fourth-order valence-corrected chi connectivity index (χ4v) is 3.95. The van der Waals surface area contributed by atoms with Crippen LogP contribution in [0.25, 0.3) is 10.8 Å². The number of ether oxygens (including phenoxy) is 1. The number of hydrogen-bond acceptors (Lipinski definition) is 5. The molecular weight excluding hydrogens is 348 g/mol. The van der Waals surface area contributed by atoms with Crippen LogP contribution in [0.4, 0.5) is 5.82 Å². The summed E-state index contributed by atoms with van der Waals surface area (Å²) >= 11 is 0. The van der Waals surface area contributed by atoms with Gasteiger partial charge in [-0.2, -0.15) is 5.10 Å². The fourth-order valence-electron chi connectivity index (χ4n) is 3.95. The first-order chi connectivity index (χ1) is 13.8. The highest BCUT2D eigenvalue weighted by Crippen LogP contribution is 2.29. The summed E-state index contributed by atoms with van der Waals surface area (Å²) in [5.74, 6) is 1.72. The van der Waals surface area contributed by atoms with E-state index in [1.54, 1.807) is 7.11 Å². The number of piperidine rings is 1. The standard InChI is InChI=1S/C23H28N4O/c1-3-22-20-10-9-19(28-2)15-21(20)23(26-25-22)24-18-11-13-27(14-12-18)16-17-7-5-4-6-8-17/h4-10,15,18H,3,11-14,16H2,1-2H3,(H,24,26). The van der Waals surface area contributed by atoms with Crippen LogP contribution in [-0.4, -0.2) is 41.3 Å². The van der Waals surface area contributed by atoms with Crippen molar-refractivity contribution in [2.75, 3.05) is 25.5 Å². The Morgan fingerprint density at radius 1 is 1.04 bits per heavy atom. The van der Waals surface area contributed by atoms with Crippen LogP contribution in [0.5, 0.6) is 5.75 Å². The van der Waals surface area contributed by atoms with Crippen molar-refractivity contribution in [1.82, 2.24) is 15.1 Å². The Labute approximate surface area is 166 Å². The smallest absolute Gasteiger partial charge is 0.156 e. The summed E-state index contributed by atoms with van der Waals surface area (Å²) in [6.07, 6.45) is 3.08. The minimum Gasteiger partial charge on any atom is -0.497 e. The van der Waals surface area contributed by atoms with Gasteiger partial charge in [0.2, 0.25) is 0 Å². The number of hydrogen-bond donors (Lipinski definition) is 1. The van der Waals surface area contributed by atoms with Crippen molar-refractivity contribution < 1.29 is 4.74 Å². The molecule has 28 heavy (non-hydrogen) atoms. The van der Waals surface area contributed by atoms with Crippen molar-refractivity contribution in [3.8, 4) is 5.75 Å². The number of benzene rings is 2. The maximum absolute atomic E-state index is 5.43. The Morgan fingerprint density at radius 3 is 2.54 bits per heavy atom. The molecule has 2 heterocycles. The van der Waals surface area contributed by atoms with Gasteiger partial charge in [-0.25, -0.2) is 0 Å². The van der Waals surface area contributed by atoms with E-state index in [2.05, 4.69) is 69.8 Å². The zero-order valence-electron chi connectivity index (χ0n) is 16.7. The van der Waals surface area contributed by atoms with Crippen molar-refractivity contribution in [1.29, 1.82) is 0 Å². The van der Waals surface area contributed by atoms with E-state index in [1.807, 2.05) is 6.07 Å². The molecule has 3 aromatic rings. The Bertz CT molecular complexity index is 921. The number of likely N-dealkylation sites (tertiary alicyclic amines) is 1. The lowest BCUT2D eigenvalue weighted by Gasteiger charge is -2.32. The molecule has 0 bridgehead atoms. The molecular formula is C23H28N4O. The summed E-state index contributed by atoms with van der Waals surface area (Å²) in [6, 6.07) is 17.3. The molecule has 1 N–H and O–H groups in total. The Morgan fingerprint density at radius 2 is 1.82 bits per heavy atom. The van der Waals surface area contributed by atoms with Gasteiger partial charge in [0.25, 0.3) is 0 Å². The van der Waals surface area contributed by atoms with Gasteiger partial charge in [-0.05, 0) is 43.0 Å². The van der Waals surface area contributed by atoms with E-state index < -0.39 is 0 Å². The highest BCUT2D eigenvalue weighted by molar-refractivity contribution is 5.94. The molecule has 1 aliphatic heterocycles. The lowest BCUT2D eigenvalue weighted by atomic mass is 10.0. The molecule has 0 unspecified atom stereocenters. The maximum atomic E-state index is 5.43. The minimum absolute atomic E-state index is 0.420. The average molecular weight is 377 g/mol. The van der Waals surface area contributed by atoms with Crippen molar-refractivity contribution >= 4 is 16.6 Å². The third kappa shape index (κ3) is 4.09. The molecule has 0 aliphatic carbocycles. The van der Waals surface area contributed by atoms with Crippen molar-refractivity contribution in [2.45, 2.75) is 38.8 Å². The SMILES string of the molecule is CCc1nnc(NC2CCN(Cc3ccccc3)CC2)c2cc(OC)ccc12. The topological polar surface area (TPSA) is 50.3 Å². The molecule has 1 aliphatic rings. The number of methoxy groups -OCH3 is 1. The minimum atomic E-state index is 0.420. The molecule has 0 amide bonds. The number of fused-ring (bicyclic) bond motifs is 1. The second kappa shape index (κ2) is 8.57. The van der Waals surface area contributed by atoms with E-state index in [0.717, 1.165) is 66.9 Å². The van der Waals surface area contributed by atoms with Crippen LogP contribution in [-0.2, 0) is 13.0 Å². The third-order valence-corrected chi connectivity index (χ3v) is 5.58. The first-order valence-corrected chi connectivity index (χ1v) is 10.1. The first kappa shape index (κ1) is 18.7. The second-order valence-electron chi connectivity index (χ2n) is 7.44. The molecule has 2 aromatic carbocycles. The third-order valence-electron chi connectivity index (χ3n) is 5.58. The van der Waals surface area contributed by atoms with Crippen LogP contribution in [0.15, 0.2) is 48.5 Å². The predicted octanol–water partition coefficient (Wildman–Crippen LogP) is 4.28. The highest BCUT2D eigenvalue weighted by atomic mass is 16.5. The van der Waals surface area contributed by atoms with E-state index in [4.69, 9.17) is 4.74 Å². The monoisotopic (exact) mass is 376 g/mol. The predicted molar refractivity (Wildman–Crippen MR) is 114 cm³/mol. The normalized spacial score (nSPS) is 15.6. The Hall–Kier alpha value is -2.66. The molecule has 0 radical (unpaired) electrons. The van der Waals surface area contributed by atoms with Crippen LogP contribution in [0.2, 0.25) is 0 Å². The van der Waals surface area contributed by atoms with Gasteiger partial charge in [-0.1, -0.05) is 37.3 Å². The molecule has 1 fully saturated rings. The van der Waals surface area contributed by atoms with Crippen molar-refractivity contribution in [3.63, 3.8) is 0 Å². The van der Waals surface area contributed by atoms with Gasteiger partial charge >= 0.3 is 0 Å². The first-order valence-electron chi connectivity index (χ1n) is 10.1. The van der Waals surface area contributed by atoms with Gasteiger partial charge in [0.15, 0.2) is 5.82 Å². The van der Waals surface area contributed by atoms with Crippen LogP contribution in [0, 0.1) is 0 Å².